The summed E-state index contributed by atoms with van der Waals surface area (Å²) >= 11 is 3.21. The summed E-state index contributed by atoms with van der Waals surface area (Å²) in [6.45, 7) is 4.04. The lowest BCUT2D eigenvalue weighted by Crippen LogP contribution is -2.46. The molecule has 2 amide bonds. The first kappa shape index (κ1) is 16.0. The first-order chi connectivity index (χ1) is 9.93. The van der Waals surface area contributed by atoms with Crippen LogP contribution in [0.4, 0.5) is 4.79 Å². The fourth-order valence-electron chi connectivity index (χ4n) is 2.27. The number of ether oxygens (including phenoxy) is 1. The van der Waals surface area contributed by atoms with Crippen LogP contribution in [0.15, 0.2) is 30.3 Å². The first-order valence-corrected chi connectivity index (χ1v) is 7.72. The van der Waals surface area contributed by atoms with Gasteiger partial charge in [-0.3, -0.25) is 4.79 Å². The van der Waals surface area contributed by atoms with Crippen molar-refractivity contribution in [2.24, 2.45) is 5.92 Å². The molecule has 2 rings (SSSR count). The Morgan fingerprint density at radius 2 is 2.00 bits per heavy atom. The third-order valence-electron chi connectivity index (χ3n) is 3.57. The van der Waals surface area contributed by atoms with Crippen molar-refractivity contribution in [2.45, 2.75) is 30.8 Å². The molecule has 5 nitrogen and oxygen atoms in total. The summed E-state index contributed by atoms with van der Waals surface area (Å²) in [5, 5.41) is 10.3. The van der Waals surface area contributed by atoms with E-state index in [-0.39, 0.29) is 18.6 Å². The molecule has 1 aromatic rings. The Kier molecular flexibility index (Phi) is 5.00. The highest BCUT2D eigenvalue weighted by Gasteiger charge is 2.43. The molecule has 6 heteroatoms. The quantitative estimate of drug-likeness (QED) is 0.842. The van der Waals surface area contributed by atoms with E-state index in [1.807, 2.05) is 19.9 Å². The largest absolute Gasteiger partial charge is 0.447 e. The number of hydrogen-bond acceptors (Lipinski definition) is 4. The van der Waals surface area contributed by atoms with Gasteiger partial charge in [0.1, 0.15) is 17.5 Å². The molecule has 1 aliphatic rings. The van der Waals surface area contributed by atoms with Crippen LogP contribution in [-0.2, 0) is 9.53 Å². The number of aliphatic hydroxyl groups excluding tert-OH is 1. The van der Waals surface area contributed by atoms with Crippen molar-refractivity contribution in [3.63, 3.8) is 0 Å². The number of cyclic esters (lactones) is 1. The number of halogens is 1. The maximum absolute atomic E-state index is 12.5. The molecular weight excluding hydrogens is 338 g/mol. The lowest BCUT2D eigenvalue weighted by atomic mass is 10.0. The fourth-order valence-corrected chi connectivity index (χ4v) is 2.79. The van der Waals surface area contributed by atoms with Crippen LogP contribution in [0.1, 0.15) is 25.5 Å². The minimum Gasteiger partial charge on any atom is -0.447 e. The Labute approximate surface area is 132 Å². The van der Waals surface area contributed by atoms with Gasteiger partial charge in [0.2, 0.25) is 5.91 Å². The van der Waals surface area contributed by atoms with E-state index < -0.39 is 22.9 Å². The van der Waals surface area contributed by atoms with Gasteiger partial charge in [0.05, 0.1) is 6.04 Å². The molecule has 114 valence electrons. The summed E-state index contributed by atoms with van der Waals surface area (Å²) in [4.78, 5) is 24.5. The molecule has 0 spiro atoms. The average Bonchev–Trinajstić information content (AvgIpc) is 2.87. The number of imide groups is 1. The van der Waals surface area contributed by atoms with Gasteiger partial charge in [-0.05, 0) is 11.5 Å². The topological polar surface area (TPSA) is 66.8 Å². The van der Waals surface area contributed by atoms with E-state index >= 15 is 0 Å². The highest BCUT2D eigenvalue weighted by molar-refractivity contribution is 9.10. The molecule has 1 N–H and O–H groups in total. The number of carbonyl (C=O) groups is 2. The summed E-state index contributed by atoms with van der Waals surface area (Å²) in [5.74, 6) is -0.387. The molecule has 21 heavy (non-hydrogen) atoms. The van der Waals surface area contributed by atoms with E-state index in [0.29, 0.717) is 5.56 Å². The predicted molar refractivity (Wildman–Crippen MR) is 80.9 cm³/mol. The second-order valence-corrected chi connectivity index (χ2v) is 6.34. The van der Waals surface area contributed by atoms with Crippen molar-refractivity contribution in [3.8, 4) is 0 Å². The van der Waals surface area contributed by atoms with Crippen LogP contribution in [0.5, 0.6) is 0 Å². The van der Waals surface area contributed by atoms with Crippen LogP contribution in [0.2, 0.25) is 0 Å². The van der Waals surface area contributed by atoms with E-state index in [9.17, 15) is 14.7 Å². The lowest BCUT2D eigenvalue weighted by Gasteiger charge is -2.26. The summed E-state index contributed by atoms with van der Waals surface area (Å²) in [5.41, 5.74) is 0.612. The molecule has 0 saturated carbocycles. The van der Waals surface area contributed by atoms with Crippen LogP contribution in [0.3, 0.4) is 0 Å². The molecule has 1 aromatic carbocycles. The van der Waals surface area contributed by atoms with Crippen LogP contribution in [0, 0.1) is 5.92 Å². The lowest BCUT2D eigenvalue weighted by molar-refractivity contribution is -0.130. The highest BCUT2D eigenvalue weighted by atomic mass is 79.9. The molecule has 0 bridgehead atoms. The summed E-state index contributed by atoms with van der Waals surface area (Å²) in [6, 6.07) is 8.55. The van der Waals surface area contributed by atoms with E-state index in [1.165, 1.54) is 0 Å². The SMILES string of the molecule is CC(C)[C@@H]1COC(=O)N1C(=O)[C@H](Br)[C@H](O)c1ccccc1. The number of rotatable bonds is 4. The van der Waals surface area contributed by atoms with E-state index in [2.05, 4.69) is 15.9 Å². The van der Waals surface area contributed by atoms with Crippen molar-refractivity contribution < 1.29 is 19.4 Å². The smallest absolute Gasteiger partial charge is 0.417 e. The number of amides is 2. The van der Waals surface area contributed by atoms with Crippen molar-refractivity contribution in [1.29, 1.82) is 0 Å². The molecule has 0 aliphatic carbocycles. The Morgan fingerprint density at radius 3 is 2.57 bits per heavy atom. The predicted octanol–water partition coefficient (Wildman–Crippen LogP) is 2.49. The summed E-state index contributed by atoms with van der Waals surface area (Å²) in [7, 11) is 0. The van der Waals surface area contributed by atoms with E-state index in [1.54, 1.807) is 24.3 Å². The number of hydrogen-bond donors (Lipinski definition) is 1. The van der Waals surface area contributed by atoms with Gasteiger partial charge in [0.25, 0.3) is 0 Å². The number of nitrogens with zero attached hydrogens (tertiary/aromatic N) is 1. The minimum absolute atomic E-state index is 0.0916. The van der Waals surface area contributed by atoms with Gasteiger partial charge in [0, 0.05) is 0 Å². The molecule has 0 aromatic heterocycles. The molecule has 1 aliphatic heterocycles. The molecule has 1 saturated heterocycles. The Bertz CT molecular complexity index is 520. The maximum Gasteiger partial charge on any atom is 0.417 e. The molecule has 1 heterocycles. The Hall–Kier alpha value is -1.40. The third kappa shape index (κ3) is 3.27. The second-order valence-electron chi connectivity index (χ2n) is 5.35. The van der Waals surface area contributed by atoms with Crippen LogP contribution in [0.25, 0.3) is 0 Å². The van der Waals surface area contributed by atoms with E-state index in [4.69, 9.17) is 4.74 Å². The first-order valence-electron chi connectivity index (χ1n) is 6.80. The molecule has 0 radical (unpaired) electrons. The normalized spacial score (nSPS) is 21.3. The molecular formula is C15H18BrNO4. The van der Waals surface area contributed by atoms with Crippen molar-refractivity contribution in [3.05, 3.63) is 35.9 Å². The summed E-state index contributed by atoms with van der Waals surface area (Å²) in [6.07, 6.45) is -1.68. The third-order valence-corrected chi connectivity index (χ3v) is 4.46. The molecule has 1 fully saturated rings. The zero-order valence-electron chi connectivity index (χ0n) is 11.9. The Morgan fingerprint density at radius 1 is 1.38 bits per heavy atom. The zero-order chi connectivity index (χ0) is 15.6. The molecule has 0 unspecified atom stereocenters. The van der Waals surface area contributed by atoms with Crippen molar-refractivity contribution in [1.82, 2.24) is 4.90 Å². The highest BCUT2D eigenvalue weighted by Crippen LogP contribution is 2.28. The number of carbonyl (C=O) groups excluding carboxylic acids is 2. The minimum atomic E-state index is -1.03. The van der Waals surface area contributed by atoms with Gasteiger partial charge < -0.3 is 9.84 Å². The average molecular weight is 356 g/mol. The van der Waals surface area contributed by atoms with Crippen molar-refractivity contribution >= 4 is 27.9 Å². The monoisotopic (exact) mass is 355 g/mol. The van der Waals surface area contributed by atoms with Gasteiger partial charge in [-0.1, -0.05) is 60.1 Å². The number of benzene rings is 1. The van der Waals surface area contributed by atoms with Crippen LogP contribution >= 0.6 is 15.9 Å². The second kappa shape index (κ2) is 6.58. The van der Waals surface area contributed by atoms with Crippen LogP contribution in [-0.4, -0.2) is 39.5 Å². The van der Waals surface area contributed by atoms with Gasteiger partial charge in [-0.15, -0.1) is 0 Å². The molecule has 3 atom stereocenters. The fraction of sp³-hybridized carbons (Fsp3) is 0.467. The van der Waals surface area contributed by atoms with Gasteiger partial charge in [-0.25, -0.2) is 9.69 Å². The van der Waals surface area contributed by atoms with E-state index in [0.717, 1.165) is 4.90 Å². The Balaban J connectivity index is 2.16. The van der Waals surface area contributed by atoms with Gasteiger partial charge >= 0.3 is 6.09 Å². The number of alkyl halides is 1. The van der Waals surface area contributed by atoms with Crippen LogP contribution < -0.4 is 0 Å². The number of aliphatic hydroxyl groups is 1. The van der Waals surface area contributed by atoms with Gasteiger partial charge in [-0.2, -0.15) is 0 Å². The van der Waals surface area contributed by atoms with Crippen molar-refractivity contribution in [2.75, 3.05) is 6.61 Å². The standard InChI is InChI=1S/C15H18BrNO4/c1-9(2)11-8-21-15(20)17(11)14(19)12(16)13(18)10-6-4-3-5-7-10/h3-7,9,11-13,18H,8H2,1-2H3/t11-,12+,13+/m0/s1. The zero-order valence-corrected chi connectivity index (χ0v) is 13.5. The maximum atomic E-state index is 12.5. The van der Waals surface area contributed by atoms with Gasteiger partial charge in [0.15, 0.2) is 0 Å². The summed E-state index contributed by atoms with van der Waals surface area (Å²) < 4.78 is 4.96.